The molecule has 0 rings (SSSR count). The van der Waals surface area contributed by atoms with E-state index in [1.54, 1.807) is 7.11 Å². The summed E-state index contributed by atoms with van der Waals surface area (Å²) >= 11 is 0. The van der Waals surface area contributed by atoms with Crippen LogP contribution in [0.3, 0.4) is 0 Å². The van der Waals surface area contributed by atoms with Crippen LogP contribution in [0.1, 0.15) is 0 Å². The van der Waals surface area contributed by atoms with Crippen molar-refractivity contribution in [2.75, 3.05) is 13.3 Å². The molecule has 0 aromatic carbocycles. The van der Waals surface area contributed by atoms with Gasteiger partial charge in [0, 0.05) is 7.11 Å². The first-order chi connectivity index (χ1) is 4.48. The smallest absolute Gasteiger partial charge is 0.210 e. The van der Waals surface area contributed by atoms with Crippen molar-refractivity contribution >= 4 is 17.4 Å². The minimum Gasteiger partial charge on any atom is -0.421 e. The largest absolute Gasteiger partial charge is 0.421 e. The number of rotatable bonds is 4. The van der Waals surface area contributed by atoms with Crippen LogP contribution in [0.2, 0.25) is 26.2 Å². The van der Waals surface area contributed by atoms with Gasteiger partial charge in [0.05, 0.1) is 6.23 Å². The van der Waals surface area contributed by atoms with Crippen molar-refractivity contribution in [3.05, 3.63) is 0 Å². The van der Waals surface area contributed by atoms with Gasteiger partial charge in [0.15, 0.2) is 9.04 Å². The van der Waals surface area contributed by atoms with Gasteiger partial charge in [-0.1, -0.05) is 0 Å². The van der Waals surface area contributed by atoms with Crippen LogP contribution in [-0.2, 0) is 8.85 Å². The summed E-state index contributed by atoms with van der Waals surface area (Å²) in [4.78, 5) is 0. The zero-order valence-corrected chi connectivity index (χ0v) is 9.76. The second-order valence-corrected chi connectivity index (χ2v) is 9.97. The summed E-state index contributed by atoms with van der Waals surface area (Å²) in [7, 11) is -0.482. The lowest BCUT2D eigenvalue weighted by atomic mass is 11.7. The van der Waals surface area contributed by atoms with Crippen LogP contribution < -0.4 is 0 Å². The van der Waals surface area contributed by atoms with E-state index in [9.17, 15) is 0 Å². The zero-order valence-electron chi connectivity index (χ0n) is 7.60. The molecule has 0 amide bonds. The summed E-state index contributed by atoms with van der Waals surface area (Å²) in [5.74, 6) is 0. The van der Waals surface area contributed by atoms with Crippen molar-refractivity contribution in [3.63, 3.8) is 0 Å². The zero-order chi connectivity index (χ0) is 8.20. The molecule has 4 heteroatoms. The van der Waals surface area contributed by atoms with Crippen molar-refractivity contribution < 1.29 is 8.85 Å². The van der Waals surface area contributed by atoms with E-state index in [0.29, 0.717) is 0 Å². The molecule has 62 valence electrons. The molecule has 0 spiro atoms. The maximum absolute atomic E-state index is 5.57. The summed E-state index contributed by atoms with van der Waals surface area (Å²) in [6.07, 6.45) is 0.855. The van der Waals surface area contributed by atoms with Crippen LogP contribution >= 0.6 is 0 Å². The highest BCUT2D eigenvalue weighted by molar-refractivity contribution is 6.71. The van der Waals surface area contributed by atoms with Gasteiger partial charge in [-0.3, -0.25) is 0 Å². The fourth-order valence-corrected chi connectivity index (χ4v) is 3.48. The van der Waals surface area contributed by atoms with Gasteiger partial charge in [-0.2, -0.15) is 0 Å². The first-order valence-electron chi connectivity index (χ1n) is 3.65. The van der Waals surface area contributed by atoms with Crippen molar-refractivity contribution in [2.24, 2.45) is 0 Å². The van der Waals surface area contributed by atoms with Gasteiger partial charge in [-0.05, 0) is 26.2 Å². The second-order valence-electron chi connectivity index (χ2n) is 3.32. The molecule has 0 N–H and O–H groups in total. The molecule has 10 heavy (non-hydrogen) atoms. The lowest BCUT2D eigenvalue weighted by molar-refractivity contribution is 0.325. The molecule has 0 aromatic heterocycles. The highest BCUT2D eigenvalue weighted by Gasteiger charge is 2.20. The van der Waals surface area contributed by atoms with Gasteiger partial charge >= 0.3 is 0 Å². The fourth-order valence-electron chi connectivity index (χ4n) is 0.426. The molecule has 2 nitrogen and oxygen atoms in total. The van der Waals surface area contributed by atoms with Crippen LogP contribution in [0.4, 0.5) is 0 Å². The van der Waals surface area contributed by atoms with Crippen molar-refractivity contribution in [1.82, 2.24) is 0 Å². The van der Waals surface area contributed by atoms with E-state index >= 15 is 0 Å². The molecule has 0 aliphatic carbocycles. The van der Waals surface area contributed by atoms with Gasteiger partial charge in [0.1, 0.15) is 0 Å². The maximum atomic E-state index is 5.57. The molecule has 0 bridgehead atoms. The Hall–Kier alpha value is 0.354. The first-order valence-corrected chi connectivity index (χ1v) is 9.54. The third-order valence-electron chi connectivity index (χ3n) is 1.32. The maximum Gasteiger partial charge on any atom is 0.210 e. The topological polar surface area (TPSA) is 18.5 Å². The first kappa shape index (κ1) is 10.4. The monoisotopic (exact) mass is 178 g/mol. The predicted octanol–water partition coefficient (Wildman–Crippen LogP) is 1.38. The van der Waals surface area contributed by atoms with Crippen molar-refractivity contribution in [3.8, 4) is 0 Å². The second kappa shape index (κ2) is 4.28. The van der Waals surface area contributed by atoms with Crippen LogP contribution in [0.15, 0.2) is 0 Å². The van der Waals surface area contributed by atoms with E-state index in [1.807, 2.05) is 0 Å². The van der Waals surface area contributed by atoms with Gasteiger partial charge in [0.25, 0.3) is 0 Å². The predicted molar refractivity (Wildman–Crippen MR) is 49.3 cm³/mol. The summed E-state index contributed by atoms with van der Waals surface area (Å²) in [5.41, 5.74) is 0. The van der Waals surface area contributed by atoms with E-state index < -0.39 is 17.4 Å². The summed E-state index contributed by atoms with van der Waals surface area (Å²) in [5, 5.41) is 0. The molecule has 0 unspecified atom stereocenters. The molecule has 0 aliphatic heterocycles. The molecular weight excluding hydrogens is 160 g/mol. The van der Waals surface area contributed by atoms with Gasteiger partial charge < -0.3 is 8.85 Å². The van der Waals surface area contributed by atoms with E-state index in [0.717, 1.165) is 6.23 Å². The third kappa shape index (κ3) is 5.16. The standard InChI is InChI=1S/C6H18O2Si2/c1-7-10(4,5)6-8-9(2)3/h9H,6H2,1-5H3. The van der Waals surface area contributed by atoms with Crippen molar-refractivity contribution in [2.45, 2.75) is 26.2 Å². The quantitative estimate of drug-likeness (QED) is 0.606. The van der Waals surface area contributed by atoms with Gasteiger partial charge in [-0.25, -0.2) is 0 Å². The van der Waals surface area contributed by atoms with E-state index in [1.165, 1.54) is 0 Å². The minimum absolute atomic E-state index is 0.830. The normalized spacial score (nSPS) is 12.6. The third-order valence-corrected chi connectivity index (χ3v) is 4.45. The molecule has 0 fully saturated rings. The van der Waals surface area contributed by atoms with E-state index in [2.05, 4.69) is 26.2 Å². The molecule has 0 aliphatic rings. The highest BCUT2D eigenvalue weighted by atomic mass is 28.4. The van der Waals surface area contributed by atoms with Crippen LogP contribution in [0.5, 0.6) is 0 Å². The molecule has 0 saturated carbocycles. The van der Waals surface area contributed by atoms with Crippen LogP contribution in [0, 0.1) is 0 Å². The Morgan fingerprint density at radius 3 is 2.10 bits per heavy atom. The number of hydrogen-bond acceptors (Lipinski definition) is 2. The molecule has 0 atom stereocenters. The minimum atomic E-state index is -1.43. The Bertz CT molecular complexity index is 93.7. The lowest BCUT2D eigenvalue weighted by Gasteiger charge is -2.20. The Balaban J connectivity index is 3.46. The Kier molecular flexibility index (Phi) is 4.43. The molecule has 0 heterocycles. The summed E-state index contributed by atoms with van der Waals surface area (Å²) in [6.45, 7) is 8.70. The fraction of sp³-hybridized carbons (Fsp3) is 1.00. The Morgan fingerprint density at radius 2 is 1.80 bits per heavy atom. The summed E-state index contributed by atoms with van der Waals surface area (Å²) < 4.78 is 10.9. The van der Waals surface area contributed by atoms with Gasteiger partial charge in [0.2, 0.25) is 8.32 Å². The Morgan fingerprint density at radius 1 is 1.30 bits per heavy atom. The van der Waals surface area contributed by atoms with E-state index in [-0.39, 0.29) is 0 Å². The van der Waals surface area contributed by atoms with E-state index in [4.69, 9.17) is 8.85 Å². The highest BCUT2D eigenvalue weighted by Crippen LogP contribution is 2.03. The molecule has 0 aromatic rings. The number of hydrogen-bond donors (Lipinski definition) is 0. The van der Waals surface area contributed by atoms with Crippen LogP contribution in [0.25, 0.3) is 0 Å². The SMILES string of the molecule is CO[Si](C)(C)CO[SiH](C)C. The average molecular weight is 178 g/mol. The molecular formula is C6H18O2Si2. The Labute approximate surface area is 66.4 Å². The summed E-state index contributed by atoms with van der Waals surface area (Å²) in [6, 6.07) is 0. The average Bonchev–Trinajstić information content (AvgIpc) is 1.85. The lowest BCUT2D eigenvalue weighted by Crippen LogP contribution is -2.37. The molecule has 0 radical (unpaired) electrons. The van der Waals surface area contributed by atoms with Crippen LogP contribution in [-0.4, -0.2) is 30.7 Å². The van der Waals surface area contributed by atoms with Crippen molar-refractivity contribution in [1.29, 1.82) is 0 Å². The van der Waals surface area contributed by atoms with Gasteiger partial charge in [-0.15, -0.1) is 0 Å². The molecule has 0 saturated heterocycles.